The Morgan fingerprint density at radius 2 is 1.96 bits per heavy atom. The van der Waals surface area contributed by atoms with Crippen LogP contribution in [0.4, 0.5) is 10.5 Å². The Morgan fingerprint density at radius 3 is 2.61 bits per heavy atom. The van der Waals surface area contributed by atoms with E-state index in [-0.39, 0.29) is 6.03 Å². The molecule has 8 heteroatoms. The number of hydrogen-bond donors (Lipinski definition) is 2. The molecule has 0 spiro atoms. The lowest BCUT2D eigenvalue weighted by Gasteiger charge is -2.32. The Hall–Kier alpha value is -2.87. The molecule has 1 aliphatic rings. The van der Waals surface area contributed by atoms with Crippen LogP contribution < -0.4 is 10.2 Å². The maximum absolute atomic E-state index is 12.6. The lowest BCUT2D eigenvalue weighted by molar-refractivity contribution is -0.917. The number of urea groups is 1. The van der Waals surface area contributed by atoms with Gasteiger partial charge in [-0.15, -0.1) is 0 Å². The molecular weight excluding hydrogens is 358 g/mol. The highest BCUT2D eigenvalue weighted by atomic mass is 16.5. The monoisotopic (exact) mass is 386 g/mol. The van der Waals surface area contributed by atoms with Crippen LogP contribution in [0.5, 0.6) is 0 Å². The van der Waals surface area contributed by atoms with Crippen molar-refractivity contribution in [1.82, 2.24) is 14.7 Å². The fourth-order valence-electron chi connectivity index (χ4n) is 3.52. The SMILES string of the molecule is CCn1ncc(C[NH+]2CCN(C(=O)Nc3ccccc3C(=O)OC)CC2)c1C. The number of carbonyl (C=O) groups is 2. The first kappa shape index (κ1) is 19.9. The van der Waals surface area contributed by atoms with Crippen LogP contribution in [0.25, 0.3) is 0 Å². The number of ether oxygens (including phenoxy) is 1. The summed E-state index contributed by atoms with van der Waals surface area (Å²) in [5.41, 5.74) is 3.30. The predicted molar refractivity (Wildman–Crippen MR) is 105 cm³/mol. The van der Waals surface area contributed by atoms with Crippen molar-refractivity contribution in [2.24, 2.45) is 0 Å². The molecule has 0 saturated carbocycles. The molecule has 1 aromatic carbocycles. The molecule has 3 rings (SSSR count). The number of nitrogens with zero attached hydrogens (tertiary/aromatic N) is 3. The van der Waals surface area contributed by atoms with Crippen molar-refractivity contribution >= 4 is 17.7 Å². The van der Waals surface area contributed by atoms with Gasteiger partial charge in [-0.05, 0) is 26.0 Å². The number of piperazine rings is 1. The molecule has 28 heavy (non-hydrogen) atoms. The van der Waals surface area contributed by atoms with Gasteiger partial charge in [-0.3, -0.25) is 4.68 Å². The van der Waals surface area contributed by atoms with Crippen LogP contribution in [0.3, 0.4) is 0 Å². The lowest BCUT2D eigenvalue weighted by atomic mass is 10.2. The summed E-state index contributed by atoms with van der Waals surface area (Å²) in [6.07, 6.45) is 1.95. The van der Waals surface area contributed by atoms with Gasteiger partial charge >= 0.3 is 12.0 Å². The molecule has 8 nitrogen and oxygen atoms in total. The van der Waals surface area contributed by atoms with Crippen LogP contribution in [0, 0.1) is 6.92 Å². The van der Waals surface area contributed by atoms with Crippen LogP contribution in [0.15, 0.2) is 30.5 Å². The zero-order valence-corrected chi connectivity index (χ0v) is 16.7. The predicted octanol–water partition coefficient (Wildman–Crippen LogP) is 0.931. The van der Waals surface area contributed by atoms with Crippen molar-refractivity contribution in [3.05, 3.63) is 47.3 Å². The normalized spacial score (nSPS) is 14.8. The van der Waals surface area contributed by atoms with E-state index in [0.717, 1.165) is 26.2 Å². The fraction of sp³-hybridized carbons (Fsp3) is 0.450. The summed E-state index contributed by atoms with van der Waals surface area (Å²) >= 11 is 0. The molecule has 0 atom stereocenters. The van der Waals surface area contributed by atoms with Gasteiger partial charge in [0.25, 0.3) is 0 Å². The van der Waals surface area contributed by atoms with Crippen LogP contribution in [-0.2, 0) is 17.8 Å². The third kappa shape index (κ3) is 4.33. The van der Waals surface area contributed by atoms with Crippen LogP contribution in [0.2, 0.25) is 0 Å². The lowest BCUT2D eigenvalue weighted by Crippen LogP contribution is -3.13. The molecule has 1 aliphatic heterocycles. The van der Waals surface area contributed by atoms with Gasteiger partial charge in [0.15, 0.2) is 0 Å². The van der Waals surface area contributed by atoms with E-state index in [2.05, 4.69) is 24.3 Å². The number of esters is 1. The topological polar surface area (TPSA) is 80.9 Å². The summed E-state index contributed by atoms with van der Waals surface area (Å²) in [6, 6.07) is 6.68. The van der Waals surface area contributed by atoms with Crippen molar-refractivity contribution in [3.63, 3.8) is 0 Å². The number of carbonyl (C=O) groups excluding carboxylic acids is 2. The van der Waals surface area contributed by atoms with Crippen LogP contribution in [0.1, 0.15) is 28.5 Å². The number of benzene rings is 1. The van der Waals surface area contributed by atoms with Gasteiger partial charge in [0.2, 0.25) is 0 Å². The number of methoxy groups -OCH3 is 1. The van der Waals surface area contributed by atoms with E-state index in [9.17, 15) is 9.59 Å². The van der Waals surface area contributed by atoms with Gasteiger partial charge < -0.3 is 19.9 Å². The number of aryl methyl sites for hydroxylation is 1. The molecule has 0 bridgehead atoms. The Bertz CT molecular complexity index is 840. The highest BCUT2D eigenvalue weighted by Crippen LogP contribution is 2.16. The van der Waals surface area contributed by atoms with E-state index < -0.39 is 5.97 Å². The molecule has 2 N–H and O–H groups in total. The maximum Gasteiger partial charge on any atom is 0.339 e. The van der Waals surface area contributed by atoms with Gasteiger partial charge in [-0.1, -0.05) is 12.1 Å². The number of anilines is 1. The van der Waals surface area contributed by atoms with Crippen molar-refractivity contribution < 1.29 is 19.2 Å². The molecule has 2 aromatic rings. The van der Waals surface area contributed by atoms with Gasteiger partial charge in [0, 0.05) is 17.8 Å². The number of quaternary nitrogens is 1. The summed E-state index contributed by atoms with van der Waals surface area (Å²) in [4.78, 5) is 27.7. The van der Waals surface area contributed by atoms with Gasteiger partial charge in [-0.25, -0.2) is 9.59 Å². The van der Waals surface area contributed by atoms with Crippen molar-refractivity contribution in [2.45, 2.75) is 26.9 Å². The number of amides is 2. The first-order valence-electron chi connectivity index (χ1n) is 9.61. The number of nitrogens with one attached hydrogen (secondary N) is 2. The summed E-state index contributed by atoms with van der Waals surface area (Å²) < 4.78 is 6.79. The molecule has 1 saturated heterocycles. The second-order valence-electron chi connectivity index (χ2n) is 6.95. The average Bonchev–Trinajstić information content (AvgIpc) is 3.07. The minimum Gasteiger partial charge on any atom is -0.465 e. The van der Waals surface area contributed by atoms with E-state index in [1.165, 1.54) is 23.3 Å². The summed E-state index contributed by atoms with van der Waals surface area (Å²) in [5, 5.41) is 7.25. The van der Waals surface area contributed by atoms with E-state index in [1.807, 2.05) is 10.9 Å². The standard InChI is InChI=1S/C20H27N5O3/c1-4-25-15(2)16(13-21-25)14-23-9-11-24(12-10-23)20(27)22-18-8-6-5-7-17(18)19(26)28-3/h5-8,13H,4,9-12,14H2,1-3H3,(H,22,27)/p+1. The average molecular weight is 386 g/mol. The molecule has 2 heterocycles. The highest BCUT2D eigenvalue weighted by molar-refractivity contribution is 6.00. The summed E-state index contributed by atoms with van der Waals surface area (Å²) in [5.74, 6) is -0.465. The van der Waals surface area contributed by atoms with E-state index >= 15 is 0 Å². The molecule has 150 valence electrons. The van der Waals surface area contributed by atoms with E-state index in [1.54, 1.807) is 29.2 Å². The molecule has 2 amide bonds. The number of rotatable bonds is 5. The quantitative estimate of drug-likeness (QED) is 0.749. The minimum atomic E-state index is -0.465. The second kappa shape index (κ2) is 8.88. The third-order valence-corrected chi connectivity index (χ3v) is 5.28. The fourth-order valence-corrected chi connectivity index (χ4v) is 3.52. The zero-order valence-electron chi connectivity index (χ0n) is 16.7. The molecule has 1 fully saturated rings. The third-order valence-electron chi connectivity index (χ3n) is 5.28. The molecule has 0 radical (unpaired) electrons. The molecule has 0 aliphatic carbocycles. The van der Waals surface area contributed by atoms with Crippen LogP contribution >= 0.6 is 0 Å². The van der Waals surface area contributed by atoms with Crippen molar-refractivity contribution in [3.8, 4) is 0 Å². The van der Waals surface area contributed by atoms with Gasteiger partial charge in [-0.2, -0.15) is 5.10 Å². The van der Waals surface area contributed by atoms with E-state index in [4.69, 9.17) is 4.74 Å². The highest BCUT2D eigenvalue weighted by Gasteiger charge is 2.25. The molecule has 0 unspecified atom stereocenters. The largest absolute Gasteiger partial charge is 0.465 e. The number of hydrogen-bond acceptors (Lipinski definition) is 4. The first-order valence-corrected chi connectivity index (χ1v) is 9.61. The number of aromatic nitrogens is 2. The van der Waals surface area contributed by atoms with Crippen LogP contribution in [-0.4, -0.2) is 60.0 Å². The first-order chi connectivity index (χ1) is 13.5. The second-order valence-corrected chi connectivity index (χ2v) is 6.95. The van der Waals surface area contributed by atoms with Crippen molar-refractivity contribution in [1.29, 1.82) is 0 Å². The number of para-hydroxylation sites is 1. The Kier molecular flexibility index (Phi) is 6.30. The van der Waals surface area contributed by atoms with E-state index in [0.29, 0.717) is 24.3 Å². The van der Waals surface area contributed by atoms with Gasteiger partial charge in [0.05, 0.1) is 50.7 Å². The maximum atomic E-state index is 12.6. The summed E-state index contributed by atoms with van der Waals surface area (Å²) in [6.45, 7) is 9.09. The smallest absolute Gasteiger partial charge is 0.339 e. The van der Waals surface area contributed by atoms with Crippen molar-refractivity contribution in [2.75, 3.05) is 38.6 Å². The minimum absolute atomic E-state index is 0.189. The van der Waals surface area contributed by atoms with Gasteiger partial charge in [0.1, 0.15) is 6.54 Å². The molecule has 1 aromatic heterocycles. The Morgan fingerprint density at radius 1 is 1.25 bits per heavy atom. The Balaban J connectivity index is 1.56. The Labute approximate surface area is 165 Å². The molecular formula is C20H28N5O3+. The summed E-state index contributed by atoms with van der Waals surface area (Å²) in [7, 11) is 1.33. The zero-order chi connectivity index (χ0) is 20.1.